The Kier molecular flexibility index (Phi) is 7.08. The molecule has 0 saturated heterocycles. The number of hydrogen-bond donors (Lipinski definition) is 1. The highest BCUT2D eigenvalue weighted by Crippen LogP contribution is 2.25. The van der Waals surface area contributed by atoms with Crippen LogP contribution in [0.4, 0.5) is 17.6 Å². The van der Waals surface area contributed by atoms with Gasteiger partial charge < -0.3 is 10.1 Å². The molecule has 1 fully saturated rings. The van der Waals surface area contributed by atoms with E-state index in [1.807, 2.05) is 0 Å². The first-order valence-electron chi connectivity index (χ1n) is 8.62. The summed E-state index contributed by atoms with van der Waals surface area (Å²) in [6.07, 6.45) is 1.67. The van der Waals surface area contributed by atoms with Crippen molar-refractivity contribution in [2.24, 2.45) is 5.92 Å². The van der Waals surface area contributed by atoms with E-state index in [9.17, 15) is 22.4 Å². The quantitative estimate of drug-likeness (QED) is 0.578. The van der Waals surface area contributed by atoms with Gasteiger partial charge in [0.2, 0.25) is 0 Å². The topological polar surface area (TPSA) is 38.3 Å². The smallest absolute Gasteiger partial charge is 0.471 e. The summed E-state index contributed by atoms with van der Waals surface area (Å²) in [6.45, 7) is 0.442. The highest BCUT2D eigenvalue weighted by molar-refractivity contribution is 5.81. The molecule has 1 aliphatic carbocycles. The Morgan fingerprint density at radius 2 is 1.88 bits per heavy atom. The summed E-state index contributed by atoms with van der Waals surface area (Å²) in [7, 11) is 0. The van der Waals surface area contributed by atoms with Crippen LogP contribution in [-0.4, -0.2) is 25.2 Å². The number of hydrogen-bond acceptors (Lipinski definition) is 2. The van der Waals surface area contributed by atoms with E-state index in [2.05, 4.69) is 0 Å². The van der Waals surface area contributed by atoms with Crippen LogP contribution in [0.2, 0.25) is 0 Å². The molecule has 0 unspecified atom stereocenters. The van der Waals surface area contributed by atoms with E-state index in [0.717, 1.165) is 12.8 Å². The molecule has 1 aliphatic rings. The molecule has 0 radical (unpaired) electrons. The summed E-state index contributed by atoms with van der Waals surface area (Å²) < 4.78 is 55.6. The second kappa shape index (κ2) is 9.06. The fourth-order valence-electron chi connectivity index (χ4n) is 3.01. The summed E-state index contributed by atoms with van der Waals surface area (Å²) >= 11 is 0. The van der Waals surface area contributed by atoms with Gasteiger partial charge in [0, 0.05) is 12.6 Å². The maximum absolute atomic E-state index is 13.7. The van der Waals surface area contributed by atoms with Gasteiger partial charge in [0.25, 0.3) is 0 Å². The largest absolute Gasteiger partial charge is 0.493 e. The van der Waals surface area contributed by atoms with Crippen molar-refractivity contribution in [3.63, 3.8) is 0 Å². The molecule has 0 aromatic heterocycles. The summed E-state index contributed by atoms with van der Waals surface area (Å²) in [6, 6.07) is 4.36. The summed E-state index contributed by atoms with van der Waals surface area (Å²) in [5.41, 5.74) is 0.639. The van der Waals surface area contributed by atoms with E-state index in [1.165, 1.54) is 31.4 Å². The number of rotatable bonds is 7. The lowest BCUT2D eigenvalue weighted by molar-refractivity contribution is -0.173. The molecule has 7 heteroatoms. The average molecular weight is 361 g/mol. The molecule has 0 heterocycles. The molecule has 0 spiro atoms. The van der Waals surface area contributed by atoms with Crippen molar-refractivity contribution in [3.05, 3.63) is 29.6 Å². The van der Waals surface area contributed by atoms with E-state index in [-0.39, 0.29) is 13.0 Å². The second-order valence-electron chi connectivity index (χ2n) is 6.47. The molecular formula is C18H23F4NO2. The van der Waals surface area contributed by atoms with Crippen molar-refractivity contribution >= 4 is 5.91 Å². The summed E-state index contributed by atoms with van der Waals surface area (Å²) in [4.78, 5) is 10.7. The van der Waals surface area contributed by atoms with Crippen LogP contribution in [-0.2, 0) is 11.2 Å². The molecular weight excluding hydrogens is 338 g/mol. The van der Waals surface area contributed by atoms with Crippen LogP contribution in [0.25, 0.3) is 0 Å². The molecule has 1 saturated carbocycles. The molecule has 1 aromatic rings. The Balaban J connectivity index is 1.78. The van der Waals surface area contributed by atoms with E-state index in [4.69, 9.17) is 4.74 Å². The molecule has 0 bridgehead atoms. The molecule has 0 aliphatic heterocycles. The number of aryl methyl sites for hydroxylation is 1. The zero-order valence-corrected chi connectivity index (χ0v) is 14.0. The van der Waals surface area contributed by atoms with Crippen LogP contribution in [0.15, 0.2) is 18.2 Å². The molecule has 140 valence electrons. The highest BCUT2D eigenvalue weighted by Gasteiger charge is 2.38. The molecule has 0 atom stereocenters. The fourth-order valence-corrected chi connectivity index (χ4v) is 3.01. The van der Waals surface area contributed by atoms with Gasteiger partial charge in [0.1, 0.15) is 11.6 Å². The van der Waals surface area contributed by atoms with Gasteiger partial charge in [-0.3, -0.25) is 4.79 Å². The van der Waals surface area contributed by atoms with E-state index < -0.39 is 17.9 Å². The van der Waals surface area contributed by atoms with Gasteiger partial charge >= 0.3 is 12.1 Å². The van der Waals surface area contributed by atoms with Crippen molar-refractivity contribution in [2.75, 3.05) is 13.2 Å². The lowest BCUT2D eigenvalue weighted by Crippen LogP contribution is -2.37. The average Bonchev–Trinajstić information content (AvgIpc) is 2.56. The zero-order valence-electron chi connectivity index (χ0n) is 14.0. The second-order valence-corrected chi connectivity index (χ2v) is 6.47. The maximum atomic E-state index is 13.7. The Morgan fingerprint density at radius 1 is 1.16 bits per heavy atom. The van der Waals surface area contributed by atoms with Crippen LogP contribution >= 0.6 is 0 Å². The zero-order chi connectivity index (χ0) is 18.3. The van der Waals surface area contributed by atoms with Crippen molar-refractivity contribution in [2.45, 2.75) is 51.1 Å². The summed E-state index contributed by atoms with van der Waals surface area (Å²) in [5.74, 6) is -1.45. The van der Waals surface area contributed by atoms with Gasteiger partial charge in [-0.15, -0.1) is 0 Å². The number of benzene rings is 1. The standard InChI is InChI=1S/C18H23F4NO2/c19-15-9-14(7-4-8-23-17(24)18(20,21)22)10-16(11-15)25-12-13-5-2-1-3-6-13/h9-11,13H,1-8,12H2,(H,23,24). The van der Waals surface area contributed by atoms with Crippen LogP contribution in [0.5, 0.6) is 5.75 Å². The van der Waals surface area contributed by atoms with Gasteiger partial charge in [-0.2, -0.15) is 13.2 Å². The first-order chi connectivity index (χ1) is 11.8. The Labute approximate surface area is 144 Å². The highest BCUT2D eigenvalue weighted by atomic mass is 19.4. The Hall–Kier alpha value is -1.79. The van der Waals surface area contributed by atoms with Crippen molar-refractivity contribution in [1.29, 1.82) is 0 Å². The molecule has 25 heavy (non-hydrogen) atoms. The lowest BCUT2D eigenvalue weighted by atomic mass is 9.90. The number of carbonyl (C=O) groups is 1. The van der Waals surface area contributed by atoms with E-state index >= 15 is 0 Å². The van der Waals surface area contributed by atoms with E-state index in [1.54, 1.807) is 11.4 Å². The lowest BCUT2D eigenvalue weighted by Gasteiger charge is -2.21. The minimum Gasteiger partial charge on any atom is -0.493 e. The van der Waals surface area contributed by atoms with Crippen molar-refractivity contribution in [1.82, 2.24) is 5.32 Å². The van der Waals surface area contributed by atoms with Gasteiger partial charge in [0.05, 0.1) is 6.61 Å². The molecule has 2 rings (SSSR count). The van der Waals surface area contributed by atoms with Crippen LogP contribution in [0.3, 0.4) is 0 Å². The maximum Gasteiger partial charge on any atom is 0.471 e. The van der Waals surface area contributed by atoms with Crippen molar-refractivity contribution in [3.8, 4) is 5.75 Å². The molecule has 3 nitrogen and oxygen atoms in total. The third kappa shape index (κ3) is 6.92. The van der Waals surface area contributed by atoms with Gasteiger partial charge in [-0.1, -0.05) is 19.3 Å². The number of alkyl halides is 3. The van der Waals surface area contributed by atoms with E-state index in [0.29, 0.717) is 30.3 Å². The fraction of sp³-hybridized carbons (Fsp3) is 0.611. The Bertz CT molecular complexity index is 569. The van der Waals surface area contributed by atoms with Gasteiger partial charge in [0.15, 0.2) is 0 Å². The minimum atomic E-state index is -4.88. The molecule has 1 amide bonds. The van der Waals surface area contributed by atoms with Gasteiger partial charge in [-0.05, 0) is 49.3 Å². The first-order valence-corrected chi connectivity index (χ1v) is 8.62. The van der Waals surface area contributed by atoms with Gasteiger partial charge in [-0.25, -0.2) is 4.39 Å². The third-order valence-corrected chi connectivity index (χ3v) is 4.33. The number of ether oxygens (including phenoxy) is 1. The van der Waals surface area contributed by atoms with Crippen LogP contribution < -0.4 is 10.1 Å². The Morgan fingerprint density at radius 3 is 2.56 bits per heavy atom. The number of nitrogens with one attached hydrogen (secondary N) is 1. The van der Waals surface area contributed by atoms with Crippen molar-refractivity contribution < 1.29 is 27.1 Å². The molecule has 1 aromatic carbocycles. The SMILES string of the molecule is O=C(NCCCc1cc(F)cc(OCC2CCCCC2)c1)C(F)(F)F. The predicted octanol–water partition coefficient (Wildman–Crippen LogP) is 4.40. The van der Waals surface area contributed by atoms with Crippen LogP contribution in [0.1, 0.15) is 44.1 Å². The number of halogens is 4. The third-order valence-electron chi connectivity index (χ3n) is 4.33. The first kappa shape index (κ1) is 19.5. The molecule has 1 N–H and O–H groups in total. The minimum absolute atomic E-state index is 0.118. The predicted molar refractivity (Wildman–Crippen MR) is 85.9 cm³/mol. The monoisotopic (exact) mass is 361 g/mol. The normalized spacial score (nSPS) is 15.8. The summed E-state index contributed by atoms with van der Waals surface area (Å²) in [5, 5.41) is 1.80. The van der Waals surface area contributed by atoms with Crippen LogP contribution in [0, 0.1) is 11.7 Å². The number of carbonyl (C=O) groups excluding carboxylic acids is 1. The number of amides is 1.